The van der Waals surface area contributed by atoms with E-state index >= 15 is 0 Å². The molecular weight excluding hydrogens is 502 g/mol. The van der Waals surface area contributed by atoms with Gasteiger partial charge in [-0.15, -0.1) is 0 Å². The fourth-order valence-electron chi connectivity index (χ4n) is 3.09. The lowest BCUT2D eigenvalue weighted by atomic mass is 9.86. The summed E-state index contributed by atoms with van der Waals surface area (Å²) < 4.78 is 30.1. The molecule has 0 aliphatic carbocycles. The summed E-state index contributed by atoms with van der Waals surface area (Å²) in [6, 6.07) is 4.11. The zero-order valence-corrected chi connectivity index (χ0v) is 22.8. The Kier molecular flexibility index (Phi) is 13.4. The molecule has 1 rings (SSSR count). The van der Waals surface area contributed by atoms with Crippen molar-refractivity contribution in [3.8, 4) is 11.5 Å². The van der Waals surface area contributed by atoms with Crippen LogP contribution in [0.2, 0.25) is 0 Å². The average molecular weight is 542 g/mol. The van der Waals surface area contributed by atoms with Crippen LogP contribution in [0.25, 0.3) is 0 Å². The molecule has 3 unspecified atom stereocenters. The highest BCUT2D eigenvalue weighted by Crippen LogP contribution is 2.31. The van der Waals surface area contributed by atoms with Crippen molar-refractivity contribution in [1.29, 1.82) is 0 Å². The molecule has 214 valence electrons. The minimum atomic E-state index is -1.86. The first-order valence-corrected chi connectivity index (χ1v) is 12.4. The van der Waals surface area contributed by atoms with Crippen LogP contribution in [0.4, 0.5) is 14.4 Å². The molecular formula is C26H39NO11. The molecule has 0 bridgehead atoms. The fraction of sp³-hybridized carbons (Fsp3) is 0.615. The van der Waals surface area contributed by atoms with E-state index in [0.717, 1.165) is 20.0 Å². The second-order valence-electron chi connectivity index (χ2n) is 9.36. The summed E-state index contributed by atoms with van der Waals surface area (Å²) in [5.41, 5.74) is 4.65. The lowest BCUT2D eigenvalue weighted by Crippen LogP contribution is -2.52. The lowest BCUT2D eigenvalue weighted by Gasteiger charge is -2.27. The predicted octanol–water partition coefficient (Wildman–Crippen LogP) is 4.70. The monoisotopic (exact) mass is 541 g/mol. The Morgan fingerprint density at radius 1 is 0.895 bits per heavy atom. The van der Waals surface area contributed by atoms with Crippen LogP contribution in [0.1, 0.15) is 59.4 Å². The Balaban J connectivity index is 3.18. The van der Waals surface area contributed by atoms with Gasteiger partial charge >= 0.3 is 24.4 Å². The van der Waals surface area contributed by atoms with E-state index in [1.54, 1.807) is 0 Å². The predicted molar refractivity (Wildman–Crippen MR) is 135 cm³/mol. The molecule has 0 aliphatic rings. The first kappa shape index (κ1) is 32.5. The summed E-state index contributed by atoms with van der Waals surface area (Å²) in [6.45, 7) is 9.43. The molecule has 1 aromatic rings. The Hall–Kier alpha value is -3.54. The number of aliphatic carboxylic acids is 1. The first-order valence-electron chi connectivity index (χ1n) is 12.4. The van der Waals surface area contributed by atoms with Gasteiger partial charge in [0.25, 0.3) is 0 Å². The minimum absolute atomic E-state index is 0.0998. The molecule has 0 saturated carbocycles. The van der Waals surface area contributed by atoms with E-state index in [9.17, 15) is 24.3 Å². The summed E-state index contributed by atoms with van der Waals surface area (Å²) in [6.07, 6.45) is -2.78. The third kappa shape index (κ3) is 11.2. The van der Waals surface area contributed by atoms with E-state index in [-0.39, 0.29) is 49.4 Å². The molecule has 0 spiro atoms. The van der Waals surface area contributed by atoms with E-state index in [1.807, 2.05) is 27.7 Å². The van der Waals surface area contributed by atoms with Gasteiger partial charge < -0.3 is 39.3 Å². The van der Waals surface area contributed by atoms with Crippen molar-refractivity contribution in [2.24, 2.45) is 17.6 Å². The molecule has 0 fully saturated rings. The van der Waals surface area contributed by atoms with Crippen LogP contribution < -0.4 is 15.2 Å². The zero-order chi connectivity index (χ0) is 28.9. The molecule has 0 saturated heterocycles. The van der Waals surface area contributed by atoms with Crippen LogP contribution in [0, 0.1) is 11.8 Å². The molecule has 0 aromatic heterocycles. The molecule has 12 heteroatoms. The van der Waals surface area contributed by atoms with Crippen LogP contribution >= 0.6 is 0 Å². The number of rotatable bonds is 14. The number of carboxylic acids is 1. The average Bonchev–Trinajstić information content (AvgIpc) is 2.86. The van der Waals surface area contributed by atoms with Gasteiger partial charge in [-0.25, -0.2) is 14.4 Å². The van der Waals surface area contributed by atoms with Crippen molar-refractivity contribution in [3.05, 3.63) is 23.8 Å². The van der Waals surface area contributed by atoms with Gasteiger partial charge in [0.2, 0.25) is 0 Å². The molecule has 4 atom stereocenters. The second-order valence-corrected chi connectivity index (χ2v) is 9.36. The first-order chi connectivity index (χ1) is 17.8. The van der Waals surface area contributed by atoms with Crippen LogP contribution in [0.3, 0.4) is 0 Å². The van der Waals surface area contributed by atoms with Crippen molar-refractivity contribution in [1.82, 2.24) is 0 Å². The highest BCUT2D eigenvalue weighted by atomic mass is 16.7. The molecule has 0 heterocycles. The van der Waals surface area contributed by atoms with Gasteiger partial charge in [0, 0.05) is 12.8 Å². The van der Waals surface area contributed by atoms with Crippen molar-refractivity contribution in [2.45, 2.75) is 71.9 Å². The van der Waals surface area contributed by atoms with E-state index in [0.29, 0.717) is 5.56 Å². The standard InChI is InChI=1S/C26H39NO11/c1-7-16(3)14-34-24(31)37-20-10-9-19(11-21(20)38-25(32)35-15-17(4)8-2)13-26(27,22(28)29)12-18(5)36-23(30)33-6/h9-11,16-18H,7-8,12-15,27H2,1-6H3,(H,28,29)/t16?,17?,18-,26?/m0/s1. The highest BCUT2D eigenvalue weighted by molar-refractivity contribution is 5.79. The Labute approximate surface area is 222 Å². The van der Waals surface area contributed by atoms with Crippen LogP contribution in [0.15, 0.2) is 18.2 Å². The van der Waals surface area contributed by atoms with Crippen LogP contribution in [-0.4, -0.2) is 61.5 Å². The van der Waals surface area contributed by atoms with Crippen molar-refractivity contribution >= 4 is 24.4 Å². The van der Waals surface area contributed by atoms with Gasteiger partial charge in [-0.2, -0.15) is 0 Å². The number of hydrogen-bond donors (Lipinski definition) is 2. The number of methoxy groups -OCH3 is 1. The maximum absolute atomic E-state index is 12.3. The molecule has 1 aromatic carbocycles. The molecule has 0 aliphatic heterocycles. The Morgan fingerprint density at radius 3 is 1.89 bits per heavy atom. The van der Waals surface area contributed by atoms with Gasteiger partial charge in [-0.1, -0.05) is 46.6 Å². The van der Waals surface area contributed by atoms with Gasteiger partial charge in [-0.05, 0) is 36.5 Å². The summed E-state index contributed by atoms with van der Waals surface area (Å²) in [7, 11) is 1.13. The molecule has 3 N–H and O–H groups in total. The Morgan fingerprint density at radius 2 is 1.42 bits per heavy atom. The zero-order valence-electron chi connectivity index (χ0n) is 22.8. The van der Waals surface area contributed by atoms with Crippen molar-refractivity contribution in [2.75, 3.05) is 20.3 Å². The van der Waals surface area contributed by atoms with Crippen LogP contribution in [-0.2, 0) is 30.2 Å². The van der Waals surface area contributed by atoms with E-state index in [2.05, 4.69) is 4.74 Å². The van der Waals surface area contributed by atoms with Crippen molar-refractivity contribution < 1.29 is 52.7 Å². The van der Waals surface area contributed by atoms with Crippen molar-refractivity contribution in [3.63, 3.8) is 0 Å². The topological polar surface area (TPSA) is 170 Å². The summed E-state index contributed by atoms with van der Waals surface area (Å²) in [5.74, 6) is -1.45. The maximum atomic E-state index is 12.3. The maximum Gasteiger partial charge on any atom is 0.513 e. The number of hydrogen-bond acceptors (Lipinski definition) is 11. The SMILES string of the molecule is CCC(C)COC(=O)Oc1ccc(CC(N)(C[C@H](C)OC(=O)OC)C(=O)O)cc1OC(=O)OCC(C)CC. The Bertz CT molecular complexity index is 951. The molecule has 38 heavy (non-hydrogen) atoms. The van der Waals surface area contributed by atoms with Gasteiger partial charge in [0.1, 0.15) is 11.6 Å². The minimum Gasteiger partial charge on any atom is -0.480 e. The fourth-order valence-corrected chi connectivity index (χ4v) is 3.09. The normalized spacial score (nSPS) is 14.7. The second kappa shape index (κ2) is 15.7. The smallest absolute Gasteiger partial charge is 0.480 e. The molecule has 0 radical (unpaired) electrons. The highest BCUT2D eigenvalue weighted by Gasteiger charge is 2.37. The number of ether oxygens (including phenoxy) is 6. The number of benzene rings is 1. The van der Waals surface area contributed by atoms with E-state index in [4.69, 9.17) is 29.4 Å². The largest absolute Gasteiger partial charge is 0.513 e. The van der Waals surface area contributed by atoms with E-state index < -0.39 is 36.1 Å². The summed E-state index contributed by atoms with van der Waals surface area (Å²) >= 11 is 0. The van der Waals surface area contributed by atoms with Gasteiger partial charge in [0.05, 0.1) is 20.3 Å². The number of nitrogens with two attached hydrogens (primary N) is 1. The quantitative estimate of drug-likeness (QED) is 0.189. The number of carbonyl (C=O) groups is 4. The lowest BCUT2D eigenvalue weighted by molar-refractivity contribution is -0.144. The molecule has 12 nitrogen and oxygen atoms in total. The number of carboxylic acid groups (broad SMARTS) is 1. The summed E-state index contributed by atoms with van der Waals surface area (Å²) in [4.78, 5) is 47.9. The number of carbonyl (C=O) groups excluding carboxylic acids is 3. The third-order valence-corrected chi connectivity index (χ3v) is 5.82. The van der Waals surface area contributed by atoms with E-state index in [1.165, 1.54) is 25.1 Å². The molecule has 0 amide bonds. The summed E-state index contributed by atoms with van der Waals surface area (Å²) in [5, 5.41) is 9.80. The van der Waals surface area contributed by atoms with Gasteiger partial charge in [0.15, 0.2) is 11.5 Å². The van der Waals surface area contributed by atoms with Crippen LogP contribution in [0.5, 0.6) is 11.5 Å². The third-order valence-electron chi connectivity index (χ3n) is 5.82. The van der Waals surface area contributed by atoms with Gasteiger partial charge in [-0.3, -0.25) is 4.79 Å².